The topological polar surface area (TPSA) is 72.9 Å². The lowest BCUT2D eigenvalue weighted by Gasteiger charge is -2.38. The van der Waals surface area contributed by atoms with Crippen molar-refractivity contribution in [3.8, 4) is 11.5 Å². The van der Waals surface area contributed by atoms with E-state index in [0.29, 0.717) is 18.1 Å². The third-order valence-corrected chi connectivity index (χ3v) is 6.38. The van der Waals surface area contributed by atoms with E-state index in [4.69, 9.17) is 9.47 Å². The van der Waals surface area contributed by atoms with Crippen molar-refractivity contribution in [1.29, 1.82) is 0 Å². The number of sulfone groups is 1. The maximum atomic E-state index is 13.0. The minimum atomic E-state index is -3.58. The Hall–Kier alpha value is -2.61. The first-order valence-corrected chi connectivity index (χ1v) is 10.1. The molecule has 1 fully saturated rings. The lowest BCUT2D eigenvalue weighted by atomic mass is 10.2. The fourth-order valence-electron chi connectivity index (χ4n) is 2.69. The molecular formula is C19H20FNO5S. The highest BCUT2D eigenvalue weighted by molar-refractivity contribution is 7.92. The van der Waals surface area contributed by atoms with Crippen LogP contribution in [0, 0.1) is 5.82 Å². The fraction of sp³-hybridized carbons (Fsp3) is 0.316. The highest BCUT2D eigenvalue weighted by Crippen LogP contribution is 2.24. The molecule has 0 bridgehead atoms. The molecule has 1 heterocycles. The summed E-state index contributed by atoms with van der Waals surface area (Å²) in [5, 5.41) is -0.683. The first kappa shape index (κ1) is 19.2. The van der Waals surface area contributed by atoms with Crippen molar-refractivity contribution in [2.75, 3.05) is 26.3 Å². The number of carbonyl (C=O) groups is 1. The number of carbonyl (C=O) groups excluding carboxylic acids is 1. The predicted octanol–water partition coefficient (Wildman–Crippen LogP) is 2.29. The number of benzene rings is 2. The van der Waals surface area contributed by atoms with Gasteiger partial charge in [0.2, 0.25) is 0 Å². The molecule has 3 rings (SSSR count). The highest BCUT2D eigenvalue weighted by Gasteiger charge is 2.40. The Kier molecular flexibility index (Phi) is 5.65. The first-order valence-electron chi connectivity index (χ1n) is 8.53. The molecule has 6 nitrogen and oxygen atoms in total. The molecule has 0 unspecified atom stereocenters. The Labute approximate surface area is 157 Å². The molecule has 2 aromatic rings. The van der Waals surface area contributed by atoms with Crippen LogP contribution >= 0.6 is 0 Å². The first-order chi connectivity index (χ1) is 12.9. The minimum absolute atomic E-state index is 0.0617. The minimum Gasteiger partial charge on any atom is -0.494 e. The lowest BCUT2D eigenvalue weighted by Crippen LogP contribution is -2.57. The standard InChI is InChI=1S/C19H20FNO5S/c1-2-25-15-5-7-16(8-6-15)26-13-19(22)21-11-18(12-21)27(23,24)17-9-3-14(20)4-10-17/h3-10,18H,2,11-13H2,1H3. The normalized spacial score (nSPS) is 14.5. The van der Waals surface area contributed by atoms with Crippen LogP contribution in [0.1, 0.15) is 6.92 Å². The Morgan fingerprint density at radius 3 is 2.15 bits per heavy atom. The van der Waals surface area contributed by atoms with E-state index in [-0.39, 0.29) is 30.5 Å². The van der Waals surface area contributed by atoms with Crippen molar-refractivity contribution < 1.29 is 27.1 Å². The summed E-state index contributed by atoms with van der Waals surface area (Å²) in [5.74, 6) is 0.468. The monoisotopic (exact) mass is 393 g/mol. The van der Waals surface area contributed by atoms with Crippen molar-refractivity contribution >= 4 is 15.7 Å². The summed E-state index contributed by atoms with van der Waals surface area (Å²) in [7, 11) is -3.58. The summed E-state index contributed by atoms with van der Waals surface area (Å²) in [6.45, 7) is 2.49. The van der Waals surface area contributed by atoms with E-state index < -0.39 is 20.9 Å². The molecule has 0 spiro atoms. The summed E-state index contributed by atoms with van der Waals surface area (Å²) < 4.78 is 48.6. The smallest absolute Gasteiger partial charge is 0.260 e. The zero-order chi connectivity index (χ0) is 19.4. The van der Waals surface area contributed by atoms with Gasteiger partial charge < -0.3 is 14.4 Å². The Bertz CT molecular complexity index is 891. The van der Waals surface area contributed by atoms with Crippen LogP contribution in [0.2, 0.25) is 0 Å². The van der Waals surface area contributed by atoms with Gasteiger partial charge in [-0.3, -0.25) is 4.79 Å². The molecule has 1 aliphatic heterocycles. The van der Waals surface area contributed by atoms with E-state index in [9.17, 15) is 17.6 Å². The van der Waals surface area contributed by atoms with Gasteiger partial charge in [-0.05, 0) is 55.5 Å². The summed E-state index contributed by atoms with van der Waals surface area (Å²) in [6, 6.07) is 11.6. The zero-order valence-electron chi connectivity index (χ0n) is 14.8. The van der Waals surface area contributed by atoms with Gasteiger partial charge >= 0.3 is 0 Å². The van der Waals surface area contributed by atoms with E-state index in [2.05, 4.69) is 0 Å². The van der Waals surface area contributed by atoms with Gasteiger partial charge in [0.25, 0.3) is 5.91 Å². The average Bonchev–Trinajstić information content (AvgIpc) is 2.60. The van der Waals surface area contributed by atoms with Gasteiger partial charge in [0.05, 0.1) is 11.5 Å². The Balaban J connectivity index is 1.50. The number of halogens is 1. The van der Waals surface area contributed by atoms with E-state index >= 15 is 0 Å². The molecule has 0 N–H and O–H groups in total. The van der Waals surface area contributed by atoms with Crippen LogP contribution in [0.5, 0.6) is 11.5 Å². The summed E-state index contributed by atoms with van der Waals surface area (Å²) in [6.07, 6.45) is 0. The van der Waals surface area contributed by atoms with Gasteiger partial charge in [-0.2, -0.15) is 0 Å². The van der Waals surface area contributed by atoms with Crippen molar-refractivity contribution in [1.82, 2.24) is 4.90 Å². The summed E-state index contributed by atoms with van der Waals surface area (Å²) in [4.78, 5) is 13.6. The molecular weight excluding hydrogens is 373 g/mol. The van der Waals surface area contributed by atoms with Gasteiger partial charge in [-0.15, -0.1) is 0 Å². The van der Waals surface area contributed by atoms with E-state index in [0.717, 1.165) is 12.1 Å². The van der Waals surface area contributed by atoms with E-state index in [1.165, 1.54) is 17.0 Å². The number of amides is 1. The molecule has 0 saturated carbocycles. The van der Waals surface area contributed by atoms with Crippen LogP contribution in [0.25, 0.3) is 0 Å². The molecule has 1 saturated heterocycles. The second-order valence-corrected chi connectivity index (χ2v) is 8.34. The SMILES string of the molecule is CCOc1ccc(OCC(=O)N2CC(S(=O)(=O)c3ccc(F)cc3)C2)cc1. The predicted molar refractivity (Wildman–Crippen MR) is 97.1 cm³/mol. The van der Waals surface area contributed by atoms with Crippen molar-refractivity contribution in [2.45, 2.75) is 17.1 Å². The molecule has 1 amide bonds. The third-order valence-electron chi connectivity index (χ3n) is 4.28. The number of ether oxygens (including phenoxy) is 2. The third kappa shape index (κ3) is 4.39. The Morgan fingerprint density at radius 1 is 1.04 bits per heavy atom. The van der Waals surface area contributed by atoms with Crippen molar-refractivity contribution in [3.05, 3.63) is 54.3 Å². The van der Waals surface area contributed by atoms with Crippen LogP contribution in [0.3, 0.4) is 0 Å². The Morgan fingerprint density at radius 2 is 1.59 bits per heavy atom. The van der Waals surface area contributed by atoms with Gasteiger partial charge in [-0.1, -0.05) is 0 Å². The van der Waals surface area contributed by atoms with E-state index in [1.54, 1.807) is 24.3 Å². The van der Waals surface area contributed by atoms with Gasteiger partial charge in [0.1, 0.15) is 22.6 Å². The van der Waals surface area contributed by atoms with Gasteiger partial charge in [0.15, 0.2) is 16.4 Å². The molecule has 2 aromatic carbocycles. The zero-order valence-corrected chi connectivity index (χ0v) is 15.6. The molecule has 0 aromatic heterocycles. The lowest BCUT2D eigenvalue weighted by molar-refractivity contribution is -0.136. The molecule has 8 heteroatoms. The summed E-state index contributed by atoms with van der Waals surface area (Å²) in [5.41, 5.74) is 0. The van der Waals surface area contributed by atoms with Gasteiger partial charge in [0, 0.05) is 13.1 Å². The second kappa shape index (κ2) is 7.96. The molecule has 27 heavy (non-hydrogen) atoms. The number of nitrogens with zero attached hydrogens (tertiary/aromatic N) is 1. The van der Waals surface area contributed by atoms with Crippen LogP contribution in [-0.4, -0.2) is 50.8 Å². The number of rotatable bonds is 7. The largest absolute Gasteiger partial charge is 0.494 e. The second-order valence-electron chi connectivity index (χ2n) is 6.11. The summed E-state index contributed by atoms with van der Waals surface area (Å²) >= 11 is 0. The number of hydrogen-bond acceptors (Lipinski definition) is 5. The van der Waals surface area contributed by atoms with E-state index in [1.807, 2.05) is 6.92 Å². The fourth-order valence-corrected chi connectivity index (χ4v) is 4.34. The van der Waals surface area contributed by atoms with Crippen LogP contribution in [0.4, 0.5) is 4.39 Å². The number of likely N-dealkylation sites (tertiary alicyclic amines) is 1. The van der Waals surface area contributed by atoms with Crippen LogP contribution in [-0.2, 0) is 14.6 Å². The molecule has 0 radical (unpaired) electrons. The van der Waals surface area contributed by atoms with Gasteiger partial charge in [-0.25, -0.2) is 12.8 Å². The average molecular weight is 393 g/mol. The quantitative estimate of drug-likeness (QED) is 0.675. The maximum absolute atomic E-state index is 13.0. The molecule has 0 aliphatic carbocycles. The molecule has 1 aliphatic rings. The van der Waals surface area contributed by atoms with Crippen molar-refractivity contribution in [3.63, 3.8) is 0 Å². The molecule has 0 atom stereocenters. The molecule has 144 valence electrons. The number of hydrogen-bond donors (Lipinski definition) is 0. The maximum Gasteiger partial charge on any atom is 0.260 e. The highest BCUT2D eigenvalue weighted by atomic mass is 32.2. The van der Waals surface area contributed by atoms with Crippen LogP contribution < -0.4 is 9.47 Å². The van der Waals surface area contributed by atoms with Crippen LogP contribution in [0.15, 0.2) is 53.4 Å². The van der Waals surface area contributed by atoms with Crippen molar-refractivity contribution in [2.24, 2.45) is 0 Å².